The SMILES string of the molecule is CNCCN(C)CC(=O)c1cccn1C. The van der Waals surface area contributed by atoms with Gasteiger partial charge < -0.3 is 9.88 Å². The summed E-state index contributed by atoms with van der Waals surface area (Å²) < 4.78 is 1.86. The van der Waals surface area contributed by atoms with Crippen molar-refractivity contribution in [2.75, 3.05) is 33.7 Å². The predicted molar refractivity (Wildman–Crippen MR) is 61.2 cm³/mol. The Kier molecular flexibility index (Phi) is 4.52. The number of Topliss-reactive ketones (excluding diaryl/α,β-unsaturated/α-hetero) is 1. The molecule has 0 saturated heterocycles. The molecule has 1 heterocycles. The lowest BCUT2D eigenvalue weighted by atomic mass is 10.2. The summed E-state index contributed by atoms with van der Waals surface area (Å²) in [5.74, 6) is 0.168. The fourth-order valence-electron chi connectivity index (χ4n) is 1.46. The largest absolute Gasteiger partial charge is 0.348 e. The van der Waals surface area contributed by atoms with Gasteiger partial charge in [-0.25, -0.2) is 0 Å². The van der Waals surface area contributed by atoms with Crippen LogP contribution in [0.5, 0.6) is 0 Å². The third-order valence-corrected chi connectivity index (χ3v) is 2.39. The Morgan fingerprint density at radius 1 is 1.60 bits per heavy atom. The van der Waals surface area contributed by atoms with Gasteiger partial charge in [-0.15, -0.1) is 0 Å². The van der Waals surface area contributed by atoms with Gasteiger partial charge in [0.1, 0.15) is 0 Å². The van der Waals surface area contributed by atoms with E-state index in [1.54, 1.807) is 0 Å². The standard InChI is InChI=1S/C11H19N3O/c1-12-6-8-13(2)9-11(15)10-5-4-7-14(10)3/h4-5,7,12H,6,8-9H2,1-3H3. The van der Waals surface area contributed by atoms with Crippen molar-refractivity contribution in [2.24, 2.45) is 7.05 Å². The van der Waals surface area contributed by atoms with Crippen LogP contribution < -0.4 is 5.32 Å². The second-order valence-electron chi connectivity index (χ2n) is 3.77. The molecule has 0 spiro atoms. The average molecular weight is 209 g/mol. The summed E-state index contributed by atoms with van der Waals surface area (Å²) in [4.78, 5) is 13.8. The Morgan fingerprint density at radius 3 is 2.87 bits per heavy atom. The van der Waals surface area contributed by atoms with Crippen molar-refractivity contribution in [2.45, 2.75) is 0 Å². The first-order valence-electron chi connectivity index (χ1n) is 5.13. The van der Waals surface area contributed by atoms with Crippen LogP contribution in [0.1, 0.15) is 10.5 Å². The molecule has 4 nitrogen and oxygen atoms in total. The van der Waals surface area contributed by atoms with Crippen LogP contribution in [0.4, 0.5) is 0 Å². The summed E-state index contributed by atoms with van der Waals surface area (Å²) in [6.07, 6.45) is 1.89. The Labute approximate surface area is 90.9 Å². The van der Waals surface area contributed by atoms with Crippen molar-refractivity contribution in [1.29, 1.82) is 0 Å². The zero-order chi connectivity index (χ0) is 11.3. The molecule has 0 aromatic carbocycles. The van der Waals surface area contributed by atoms with Gasteiger partial charge in [-0.3, -0.25) is 9.69 Å². The summed E-state index contributed by atoms with van der Waals surface area (Å²) in [6, 6.07) is 3.75. The van der Waals surface area contributed by atoms with Crippen molar-refractivity contribution in [3.63, 3.8) is 0 Å². The second kappa shape index (κ2) is 5.68. The zero-order valence-electron chi connectivity index (χ0n) is 9.66. The molecule has 0 atom stereocenters. The lowest BCUT2D eigenvalue weighted by Crippen LogP contribution is -2.32. The number of ketones is 1. The van der Waals surface area contributed by atoms with Crippen LogP contribution >= 0.6 is 0 Å². The number of carbonyl (C=O) groups excluding carboxylic acids is 1. The quantitative estimate of drug-likeness (QED) is 0.687. The highest BCUT2D eigenvalue weighted by molar-refractivity contribution is 5.96. The summed E-state index contributed by atoms with van der Waals surface area (Å²) in [7, 11) is 5.76. The topological polar surface area (TPSA) is 37.3 Å². The first-order valence-corrected chi connectivity index (χ1v) is 5.13. The summed E-state index contributed by atoms with van der Waals surface area (Å²) >= 11 is 0. The fraction of sp³-hybridized carbons (Fsp3) is 0.545. The number of hydrogen-bond acceptors (Lipinski definition) is 3. The molecule has 0 aliphatic carbocycles. The zero-order valence-corrected chi connectivity index (χ0v) is 9.66. The lowest BCUT2D eigenvalue weighted by molar-refractivity contribution is 0.0939. The van der Waals surface area contributed by atoms with E-state index in [1.807, 2.05) is 48.9 Å². The molecule has 0 aliphatic rings. The maximum absolute atomic E-state index is 11.8. The van der Waals surface area contributed by atoms with E-state index in [0.717, 1.165) is 18.8 Å². The minimum Gasteiger partial charge on any atom is -0.348 e. The van der Waals surface area contributed by atoms with Crippen LogP contribution in [0.15, 0.2) is 18.3 Å². The molecule has 4 heteroatoms. The smallest absolute Gasteiger partial charge is 0.193 e. The molecule has 0 bridgehead atoms. The molecule has 0 aliphatic heterocycles. The van der Waals surface area contributed by atoms with Gasteiger partial charge in [0.25, 0.3) is 0 Å². The van der Waals surface area contributed by atoms with Gasteiger partial charge >= 0.3 is 0 Å². The van der Waals surface area contributed by atoms with Gasteiger partial charge in [0, 0.05) is 26.3 Å². The molecule has 15 heavy (non-hydrogen) atoms. The van der Waals surface area contributed by atoms with E-state index in [4.69, 9.17) is 0 Å². The Morgan fingerprint density at radius 2 is 2.33 bits per heavy atom. The van der Waals surface area contributed by atoms with E-state index in [9.17, 15) is 4.79 Å². The summed E-state index contributed by atoms with van der Waals surface area (Å²) in [6.45, 7) is 2.25. The van der Waals surface area contributed by atoms with Gasteiger partial charge in [0.2, 0.25) is 0 Å². The molecule has 0 unspecified atom stereocenters. The van der Waals surface area contributed by atoms with E-state index in [1.165, 1.54) is 0 Å². The summed E-state index contributed by atoms with van der Waals surface area (Å²) in [5.41, 5.74) is 0.770. The minimum atomic E-state index is 0.168. The summed E-state index contributed by atoms with van der Waals surface area (Å²) in [5, 5.41) is 3.06. The molecular weight excluding hydrogens is 190 g/mol. The Balaban J connectivity index is 2.46. The van der Waals surface area contributed by atoms with Gasteiger partial charge in [-0.05, 0) is 26.2 Å². The molecular formula is C11H19N3O. The lowest BCUT2D eigenvalue weighted by Gasteiger charge is -2.15. The highest BCUT2D eigenvalue weighted by Gasteiger charge is 2.10. The Hall–Kier alpha value is -1.13. The van der Waals surface area contributed by atoms with Crippen LogP contribution in [0, 0.1) is 0 Å². The molecule has 0 radical (unpaired) electrons. The van der Waals surface area contributed by atoms with Crippen molar-refractivity contribution in [3.8, 4) is 0 Å². The first-order chi connectivity index (χ1) is 7.15. The van der Waals surface area contributed by atoms with Gasteiger partial charge in [-0.2, -0.15) is 0 Å². The van der Waals surface area contributed by atoms with Crippen molar-refractivity contribution < 1.29 is 4.79 Å². The highest BCUT2D eigenvalue weighted by atomic mass is 16.1. The molecule has 1 aromatic rings. The highest BCUT2D eigenvalue weighted by Crippen LogP contribution is 2.01. The van der Waals surface area contributed by atoms with Gasteiger partial charge in [0.15, 0.2) is 5.78 Å². The van der Waals surface area contributed by atoms with Crippen molar-refractivity contribution in [1.82, 2.24) is 14.8 Å². The maximum Gasteiger partial charge on any atom is 0.193 e. The third-order valence-electron chi connectivity index (χ3n) is 2.39. The van der Waals surface area contributed by atoms with E-state index in [2.05, 4.69) is 5.32 Å². The molecule has 1 aromatic heterocycles. The van der Waals surface area contributed by atoms with Gasteiger partial charge in [0.05, 0.1) is 12.2 Å². The maximum atomic E-state index is 11.8. The number of nitrogens with one attached hydrogen (secondary N) is 1. The predicted octanol–water partition coefficient (Wildman–Crippen LogP) is 0.359. The van der Waals surface area contributed by atoms with Crippen LogP contribution in [-0.4, -0.2) is 49.0 Å². The van der Waals surface area contributed by atoms with E-state index in [-0.39, 0.29) is 5.78 Å². The monoisotopic (exact) mass is 209 g/mol. The number of rotatable bonds is 6. The van der Waals surface area contributed by atoms with Crippen molar-refractivity contribution >= 4 is 5.78 Å². The third kappa shape index (κ3) is 3.49. The van der Waals surface area contributed by atoms with Crippen LogP contribution in [0.2, 0.25) is 0 Å². The van der Waals surface area contributed by atoms with Crippen molar-refractivity contribution in [3.05, 3.63) is 24.0 Å². The number of carbonyl (C=O) groups is 1. The van der Waals surface area contributed by atoms with E-state index in [0.29, 0.717) is 6.54 Å². The number of aryl methyl sites for hydroxylation is 1. The molecule has 0 fully saturated rings. The first kappa shape index (κ1) is 11.9. The Bertz CT molecular complexity index is 319. The van der Waals surface area contributed by atoms with Crippen LogP contribution in [-0.2, 0) is 7.05 Å². The molecule has 84 valence electrons. The average Bonchev–Trinajstić information content (AvgIpc) is 2.61. The van der Waals surface area contributed by atoms with Gasteiger partial charge in [-0.1, -0.05) is 0 Å². The second-order valence-corrected chi connectivity index (χ2v) is 3.77. The van der Waals surface area contributed by atoms with Crippen LogP contribution in [0.3, 0.4) is 0 Å². The fourth-order valence-corrected chi connectivity index (χ4v) is 1.46. The normalized spacial score (nSPS) is 10.9. The molecule has 0 amide bonds. The van der Waals surface area contributed by atoms with E-state index >= 15 is 0 Å². The molecule has 1 N–H and O–H groups in total. The number of likely N-dealkylation sites (N-methyl/N-ethyl adjacent to an activating group) is 2. The van der Waals surface area contributed by atoms with E-state index < -0.39 is 0 Å². The number of nitrogens with zero attached hydrogens (tertiary/aromatic N) is 2. The molecule has 0 saturated carbocycles. The van der Waals surface area contributed by atoms with Crippen LogP contribution in [0.25, 0.3) is 0 Å². The minimum absolute atomic E-state index is 0.168. The molecule has 1 rings (SSSR count). The number of hydrogen-bond donors (Lipinski definition) is 1. The number of aromatic nitrogens is 1.